The van der Waals surface area contributed by atoms with Gasteiger partial charge in [0.15, 0.2) is 5.69 Å². The first kappa shape index (κ1) is 15.4. The molecular formula is C19H23N3O2. The molecule has 0 spiro atoms. The number of likely N-dealkylation sites (tertiary alicyclic amines) is 1. The Morgan fingerprint density at radius 1 is 1.17 bits per heavy atom. The van der Waals surface area contributed by atoms with E-state index >= 15 is 0 Å². The molecule has 2 aliphatic rings. The van der Waals surface area contributed by atoms with Crippen molar-refractivity contribution in [2.45, 2.75) is 19.8 Å². The number of carbonyl (C=O) groups excluding carboxylic acids is 1. The molecule has 4 rings (SSSR count). The van der Waals surface area contributed by atoms with Crippen molar-refractivity contribution < 1.29 is 9.21 Å². The summed E-state index contributed by atoms with van der Waals surface area (Å²) in [6.07, 6.45) is 2.15. The number of oxazole rings is 1. The fourth-order valence-electron chi connectivity index (χ4n) is 3.87. The number of amides is 1. The van der Waals surface area contributed by atoms with E-state index in [-0.39, 0.29) is 5.91 Å². The van der Waals surface area contributed by atoms with Gasteiger partial charge in [0.2, 0.25) is 5.89 Å². The molecule has 126 valence electrons. The minimum atomic E-state index is 0.00589. The number of carbonyl (C=O) groups is 1. The lowest BCUT2D eigenvalue weighted by Crippen LogP contribution is -2.33. The van der Waals surface area contributed by atoms with Gasteiger partial charge in [-0.1, -0.05) is 18.2 Å². The van der Waals surface area contributed by atoms with Crippen LogP contribution >= 0.6 is 0 Å². The normalized spacial score (nSPS) is 23.8. The molecule has 2 atom stereocenters. The molecule has 1 N–H and O–H groups in total. The molecule has 0 saturated carbocycles. The number of hydrogen-bond acceptors (Lipinski definition) is 4. The first-order valence-electron chi connectivity index (χ1n) is 8.75. The van der Waals surface area contributed by atoms with E-state index in [1.807, 2.05) is 42.2 Å². The van der Waals surface area contributed by atoms with Crippen LogP contribution in [0.1, 0.15) is 29.1 Å². The minimum absolute atomic E-state index is 0.00589. The molecule has 24 heavy (non-hydrogen) atoms. The van der Waals surface area contributed by atoms with E-state index in [2.05, 4.69) is 10.3 Å². The van der Waals surface area contributed by atoms with Crippen molar-refractivity contribution in [3.8, 4) is 11.5 Å². The molecule has 2 aromatic rings. The number of fused-ring (bicyclic) bond motifs is 1. The SMILES string of the molecule is Cc1oc(-c2ccccc2)nc1C(=O)N1CC[C@@H]2CNC[C@@H]2CC1. The smallest absolute Gasteiger partial charge is 0.276 e. The van der Waals surface area contributed by atoms with Gasteiger partial charge in [0.25, 0.3) is 5.91 Å². The van der Waals surface area contributed by atoms with Gasteiger partial charge in [-0.25, -0.2) is 4.98 Å². The molecule has 2 saturated heterocycles. The van der Waals surface area contributed by atoms with Crippen molar-refractivity contribution in [2.24, 2.45) is 11.8 Å². The van der Waals surface area contributed by atoms with Crippen LogP contribution in [-0.2, 0) is 0 Å². The molecule has 3 heterocycles. The fourth-order valence-corrected chi connectivity index (χ4v) is 3.87. The number of nitrogens with one attached hydrogen (secondary N) is 1. The molecular weight excluding hydrogens is 302 g/mol. The molecule has 0 radical (unpaired) electrons. The van der Waals surface area contributed by atoms with E-state index < -0.39 is 0 Å². The van der Waals surface area contributed by atoms with Crippen LogP contribution < -0.4 is 5.32 Å². The Morgan fingerprint density at radius 3 is 2.50 bits per heavy atom. The third kappa shape index (κ3) is 2.84. The van der Waals surface area contributed by atoms with E-state index in [4.69, 9.17) is 4.42 Å². The predicted molar refractivity (Wildman–Crippen MR) is 91.7 cm³/mol. The molecule has 0 bridgehead atoms. The maximum absolute atomic E-state index is 12.9. The Kier molecular flexibility index (Phi) is 4.10. The second kappa shape index (κ2) is 6.40. The van der Waals surface area contributed by atoms with Crippen LogP contribution in [0.2, 0.25) is 0 Å². The van der Waals surface area contributed by atoms with Crippen LogP contribution in [0, 0.1) is 18.8 Å². The van der Waals surface area contributed by atoms with Gasteiger partial charge in [0.1, 0.15) is 5.76 Å². The van der Waals surface area contributed by atoms with E-state index in [1.54, 1.807) is 0 Å². The Bertz CT molecular complexity index is 711. The van der Waals surface area contributed by atoms with Crippen LogP contribution in [0.5, 0.6) is 0 Å². The zero-order chi connectivity index (χ0) is 16.5. The van der Waals surface area contributed by atoms with Crippen molar-refractivity contribution in [3.05, 3.63) is 41.8 Å². The second-order valence-corrected chi connectivity index (χ2v) is 6.84. The minimum Gasteiger partial charge on any atom is -0.441 e. The van der Waals surface area contributed by atoms with Crippen LogP contribution in [0.25, 0.3) is 11.5 Å². The molecule has 2 fully saturated rings. The van der Waals surface area contributed by atoms with Crippen LogP contribution in [0.3, 0.4) is 0 Å². The largest absolute Gasteiger partial charge is 0.441 e. The summed E-state index contributed by atoms with van der Waals surface area (Å²) >= 11 is 0. The first-order chi connectivity index (χ1) is 11.7. The second-order valence-electron chi connectivity index (χ2n) is 6.84. The Labute approximate surface area is 142 Å². The van der Waals surface area contributed by atoms with Gasteiger partial charge in [-0.15, -0.1) is 0 Å². The van der Waals surface area contributed by atoms with Gasteiger partial charge >= 0.3 is 0 Å². The lowest BCUT2D eigenvalue weighted by Gasteiger charge is -2.19. The van der Waals surface area contributed by atoms with Crippen LogP contribution in [-0.4, -0.2) is 42.0 Å². The zero-order valence-electron chi connectivity index (χ0n) is 14.0. The van der Waals surface area contributed by atoms with E-state index in [1.165, 1.54) is 0 Å². The van der Waals surface area contributed by atoms with E-state index in [0.717, 1.165) is 44.6 Å². The standard InChI is InChI=1S/C19H23N3O2/c1-13-17(21-18(24-13)14-5-3-2-4-6-14)19(23)22-9-7-15-11-20-12-16(15)8-10-22/h2-6,15-16,20H,7-12H2,1H3/t15-,16+. The Morgan fingerprint density at radius 2 is 1.83 bits per heavy atom. The lowest BCUT2D eigenvalue weighted by atomic mass is 9.92. The zero-order valence-corrected chi connectivity index (χ0v) is 14.0. The molecule has 0 unspecified atom stereocenters. The monoisotopic (exact) mass is 325 g/mol. The molecule has 1 aromatic carbocycles. The molecule has 1 amide bonds. The third-order valence-corrected chi connectivity index (χ3v) is 5.33. The number of nitrogens with zero attached hydrogens (tertiary/aromatic N) is 2. The number of rotatable bonds is 2. The van der Waals surface area contributed by atoms with Crippen molar-refractivity contribution >= 4 is 5.91 Å². The summed E-state index contributed by atoms with van der Waals surface area (Å²) in [6.45, 7) is 5.63. The summed E-state index contributed by atoms with van der Waals surface area (Å²) in [6, 6.07) is 9.73. The number of hydrogen-bond donors (Lipinski definition) is 1. The van der Waals surface area contributed by atoms with Crippen molar-refractivity contribution in [1.82, 2.24) is 15.2 Å². The van der Waals surface area contributed by atoms with Crippen molar-refractivity contribution in [1.29, 1.82) is 0 Å². The molecule has 1 aromatic heterocycles. The highest BCUT2D eigenvalue weighted by Crippen LogP contribution is 2.28. The lowest BCUT2D eigenvalue weighted by molar-refractivity contribution is 0.0751. The molecule has 5 heteroatoms. The predicted octanol–water partition coefficient (Wildman–Crippen LogP) is 2.72. The fraction of sp³-hybridized carbons (Fsp3) is 0.474. The molecule has 5 nitrogen and oxygen atoms in total. The van der Waals surface area contributed by atoms with Crippen LogP contribution in [0.4, 0.5) is 0 Å². The summed E-state index contributed by atoms with van der Waals surface area (Å²) in [5, 5.41) is 3.47. The topological polar surface area (TPSA) is 58.4 Å². The summed E-state index contributed by atoms with van der Waals surface area (Å²) in [5.41, 5.74) is 1.36. The first-order valence-corrected chi connectivity index (χ1v) is 8.75. The highest BCUT2D eigenvalue weighted by atomic mass is 16.4. The van der Waals surface area contributed by atoms with Crippen molar-refractivity contribution in [2.75, 3.05) is 26.2 Å². The van der Waals surface area contributed by atoms with E-state index in [0.29, 0.717) is 29.2 Å². The summed E-state index contributed by atoms with van der Waals surface area (Å²) in [7, 11) is 0. The number of aromatic nitrogens is 1. The summed E-state index contributed by atoms with van der Waals surface area (Å²) < 4.78 is 5.75. The van der Waals surface area contributed by atoms with Gasteiger partial charge in [0.05, 0.1) is 0 Å². The third-order valence-electron chi connectivity index (χ3n) is 5.33. The highest BCUT2D eigenvalue weighted by Gasteiger charge is 2.33. The van der Waals surface area contributed by atoms with Gasteiger partial charge in [-0.3, -0.25) is 4.79 Å². The average Bonchev–Trinajstić information content (AvgIpc) is 3.17. The van der Waals surface area contributed by atoms with Crippen LogP contribution in [0.15, 0.2) is 34.7 Å². The number of aryl methyl sites for hydroxylation is 1. The quantitative estimate of drug-likeness (QED) is 0.922. The van der Waals surface area contributed by atoms with Gasteiger partial charge < -0.3 is 14.6 Å². The molecule has 0 aliphatic carbocycles. The Hall–Kier alpha value is -2.14. The van der Waals surface area contributed by atoms with Gasteiger partial charge in [-0.05, 0) is 56.8 Å². The van der Waals surface area contributed by atoms with Gasteiger partial charge in [0, 0.05) is 18.7 Å². The van der Waals surface area contributed by atoms with Crippen molar-refractivity contribution in [3.63, 3.8) is 0 Å². The van der Waals surface area contributed by atoms with Gasteiger partial charge in [-0.2, -0.15) is 0 Å². The summed E-state index contributed by atoms with van der Waals surface area (Å²) in [5.74, 6) is 2.55. The van der Waals surface area contributed by atoms with E-state index in [9.17, 15) is 4.79 Å². The number of benzene rings is 1. The highest BCUT2D eigenvalue weighted by molar-refractivity contribution is 5.93. The maximum Gasteiger partial charge on any atom is 0.276 e. The average molecular weight is 325 g/mol. The maximum atomic E-state index is 12.9. The Balaban J connectivity index is 1.53. The molecule has 2 aliphatic heterocycles. The summed E-state index contributed by atoms with van der Waals surface area (Å²) in [4.78, 5) is 19.4.